The Kier molecular flexibility index (Phi) is 2.21. The molecule has 0 aliphatic heterocycles. The predicted octanol–water partition coefficient (Wildman–Crippen LogP) is 2.34. The van der Waals surface area contributed by atoms with Crippen molar-refractivity contribution in [2.45, 2.75) is 50.5 Å². The minimum atomic E-state index is -0.510. The molecule has 0 radical (unpaired) electrons. The fourth-order valence-electron chi connectivity index (χ4n) is 2.74. The van der Waals surface area contributed by atoms with Crippen LogP contribution in [0.2, 0.25) is 0 Å². The third kappa shape index (κ3) is 1.71. The summed E-state index contributed by atoms with van der Waals surface area (Å²) in [5.41, 5.74) is 3.19. The molecular formula is C14H18O2. The molecule has 0 heterocycles. The lowest BCUT2D eigenvalue weighted by molar-refractivity contribution is 0.149. The van der Waals surface area contributed by atoms with Gasteiger partial charge in [-0.1, -0.05) is 6.07 Å². The van der Waals surface area contributed by atoms with Gasteiger partial charge in [0.15, 0.2) is 0 Å². The molecule has 1 saturated carbocycles. The molecule has 2 aliphatic carbocycles. The molecule has 1 aromatic rings. The van der Waals surface area contributed by atoms with Gasteiger partial charge in [-0.2, -0.15) is 0 Å². The summed E-state index contributed by atoms with van der Waals surface area (Å²) in [6, 6.07) is 3.84. The van der Waals surface area contributed by atoms with Crippen molar-refractivity contribution < 1.29 is 10.2 Å². The van der Waals surface area contributed by atoms with Gasteiger partial charge in [0.05, 0.1) is 5.60 Å². The average Bonchev–Trinajstić information content (AvgIpc) is 3.01. The lowest BCUT2D eigenvalue weighted by atomic mass is 9.85. The van der Waals surface area contributed by atoms with Crippen LogP contribution in [0.1, 0.15) is 42.4 Å². The number of phenols is 1. The van der Waals surface area contributed by atoms with Crippen molar-refractivity contribution in [3.8, 4) is 5.75 Å². The van der Waals surface area contributed by atoms with Crippen LogP contribution in [0.3, 0.4) is 0 Å². The second kappa shape index (κ2) is 3.49. The molecule has 2 heteroatoms. The zero-order valence-corrected chi connectivity index (χ0v) is 9.50. The van der Waals surface area contributed by atoms with Crippen LogP contribution in [0.15, 0.2) is 12.1 Å². The van der Waals surface area contributed by atoms with Gasteiger partial charge in [-0.3, -0.25) is 0 Å². The van der Waals surface area contributed by atoms with Crippen molar-refractivity contribution in [1.82, 2.24) is 0 Å². The quantitative estimate of drug-likeness (QED) is 0.800. The molecule has 2 N–H and O–H groups in total. The number of fused-ring (bicyclic) bond motifs is 1. The van der Waals surface area contributed by atoms with Gasteiger partial charge in [0.25, 0.3) is 0 Å². The summed E-state index contributed by atoms with van der Waals surface area (Å²) in [7, 11) is 0. The van der Waals surface area contributed by atoms with E-state index < -0.39 is 5.60 Å². The SMILES string of the molecule is Oc1ccc2c(c1CC1(O)CC1)CCCC2. The minimum Gasteiger partial charge on any atom is -0.508 e. The van der Waals surface area contributed by atoms with E-state index in [0.29, 0.717) is 12.2 Å². The number of benzene rings is 1. The summed E-state index contributed by atoms with van der Waals surface area (Å²) >= 11 is 0. The average molecular weight is 218 g/mol. The Labute approximate surface area is 95.9 Å². The van der Waals surface area contributed by atoms with Crippen molar-refractivity contribution in [2.24, 2.45) is 0 Å². The number of hydrogen-bond donors (Lipinski definition) is 2. The summed E-state index contributed by atoms with van der Waals surface area (Å²) in [6.45, 7) is 0. The van der Waals surface area contributed by atoms with E-state index in [2.05, 4.69) is 0 Å². The Morgan fingerprint density at radius 3 is 2.62 bits per heavy atom. The molecule has 3 rings (SSSR count). The van der Waals surface area contributed by atoms with Crippen LogP contribution in [-0.2, 0) is 19.3 Å². The Morgan fingerprint density at radius 1 is 1.12 bits per heavy atom. The Hall–Kier alpha value is -1.02. The predicted molar refractivity (Wildman–Crippen MR) is 62.6 cm³/mol. The first-order valence-corrected chi connectivity index (χ1v) is 6.23. The van der Waals surface area contributed by atoms with Gasteiger partial charge >= 0.3 is 0 Å². The molecule has 0 bridgehead atoms. The van der Waals surface area contributed by atoms with Gasteiger partial charge in [0.1, 0.15) is 5.75 Å². The van der Waals surface area contributed by atoms with Crippen molar-refractivity contribution in [3.63, 3.8) is 0 Å². The molecule has 16 heavy (non-hydrogen) atoms. The van der Waals surface area contributed by atoms with Crippen molar-refractivity contribution in [2.75, 3.05) is 0 Å². The summed E-state index contributed by atoms with van der Waals surface area (Å²) in [4.78, 5) is 0. The first-order chi connectivity index (χ1) is 7.68. The molecule has 0 saturated heterocycles. The van der Waals surface area contributed by atoms with Crippen LogP contribution >= 0.6 is 0 Å². The maximum absolute atomic E-state index is 10.00. The fraction of sp³-hybridized carbons (Fsp3) is 0.571. The van der Waals surface area contributed by atoms with Crippen LogP contribution in [0, 0.1) is 0 Å². The third-order valence-electron chi connectivity index (χ3n) is 3.96. The third-order valence-corrected chi connectivity index (χ3v) is 3.96. The Bertz CT molecular complexity index is 419. The molecule has 0 atom stereocenters. The summed E-state index contributed by atoms with van der Waals surface area (Å²) in [5.74, 6) is 0.376. The molecule has 0 aromatic heterocycles. The van der Waals surface area contributed by atoms with Gasteiger partial charge in [0.2, 0.25) is 0 Å². The topological polar surface area (TPSA) is 40.5 Å². The van der Waals surface area contributed by atoms with Crippen LogP contribution < -0.4 is 0 Å². The van der Waals surface area contributed by atoms with E-state index in [-0.39, 0.29) is 0 Å². The molecule has 1 aromatic carbocycles. The summed E-state index contributed by atoms with van der Waals surface area (Å²) in [5, 5.41) is 19.9. The summed E-state index contributed by atoms with van der Waals surface area (Å²) < 4.78 is 0. The zero-order valence-electron chi connectivity index (χ0n) is 9.50. The minimum absolute atomic E-state index is 0.376. The van der Waals surface area contributed by atoms with Crippen LogP contribution in [0.5, 0.6) is 5.75 Å². The molecule has 0 spiro atoms. The van der Waals surface area contributed by atoms with Gasteiger partial charge in [-0.05, 0) is 55.7 Å². The van der Waals surface area contributed by atoms with E-state index in [1.807, 2.05) is 6.07 Å². The molecule has 2 aliphatic rings. The second-order valence-electron chi connectivity index (χ2n) is 5.31. The molecule has 2 nitrogen and oxygen atoms in total. The van der Waals surface area contributed by atoms with Crippen molar-refractivity contribution in [1.29, 1.82) is 0 Å². The van der Waals surface area contributed by atoms with Crippen LogP contribution in [0.4, 0.5) is 0 Å². The molecule has 86 valence electrons. The lowest BCUT2D eigenvalue weighted by Gasteiger charge is -2.21. The van der Waals surface area contributed by atoms with E-state index in [1.165, 1.54) is 24.0 Å². The highest BCUT2D eigenvalue weighted by Gasteiger charge is 2.41. The van der Waals surface area contributed by atoms with Gasteiger partial charge in [-0.25, -0.2) is 0 Å². The Balaban J connectivity index is 2.00. The van der Waals surface area contributed by atoms with E-state index in [4.69, 9.17) is 0 Å². The lowest BCUT2D eigenvalue weighted by Crippen LogP contribution is -2.15. The number of phenolic OH excluding ortho intramolecular Hbond substituents is 1. The zero-order chi connectivity index (χ0) is 11.2. The maximum atomic E-state index is 10.00. The van der Waals surface area contributed by atoms with E-state index in [1.54, 1.807) is 6.07 Å². The monoisotopic (exact) mass is 218 g/mol. The van der Waals surface area contributed by atoms with E-state index in [9.17, 15) is 10.2 Å². The molecular weight excluding hydrogens is 200 g/mol. The first kappa shape index (κ1) is 10.2. The highest BCUT2D eigenvalue weighted by Crippen LogP contribution is 2.42. The molecule has 0 unspecified atom stereocenters. The van der Waals surface area contributed by atoms with Crippen molar-refractivity contribution >= 4 is 0 Å². The van der Waals surface area contributed by atoms with Crippen LogP contribution in [-0.4, -0.2) is 15.8 Å². The standard InChI is InChI=1S/C14H18O2/c15-13-6-5-10-3-1-2-4-11(10)12(13)9-14(16)7-8-14/h5-6,15-16H,1-4,7-9H2. The highest BCUT2D eigenvalue weighted by molar-refractivity contribution is 5.46. The number of rotatable bonds is 2. The number of aryl methyl sites for hydroxylation is 1. The number of aromatic hydroxyl groups is 1. The second-order valence-corrected chi connectivity index (χ2v) is 5.31. The normalized spacial score (nSPS) is 21.6. The number of hydrogen-bond acceptors (Lipinski definition) is 2. The fourth-order valence-corrected chi connectivity index (χ4v) is 2.74. The maximum Gasteiger partial charge on any atom is 0.119 e. The molecule has 0 amide bonds. The summed E-state index contributed by atoms with van der Waals surface area (Å²) in [6.07, 6.45) is 7.06. The van der Waals surface area contributed by atoms with E-state index >= 15 is 0 Å². The molecule has 1 fully saturated rings. The van der Waals surface area contributed by atoms with Gasteiger partial charge in [-0.15, -0.1) is 0 Å². The number of aliphatic hydroxyl groups is 1. The van der Waals surface area contributed by atoms with Gasteiger partial charge < -0.3 is 10.2 Å². The Morgan fingerprint density at radius 2 is 1.88 bits per heavy atom. The largest absolute Gasteiger partial charge is 0.508 e. The van der Waals surface area contributed by atoms with Crippen molar-refractivity contribution in [3.05, 3.63) is 28.8 Å². The smallest absolute Gasteiger partial charge is 0.119 e. The first-order valence-electron chi connectivity index (χ1n) is 6.23. The van der Waals surface area contributed by atoms with Gasteiger partial charge in [0, 0.05) is 12.0 Å². The highest BCUT2D eigenvalue weighted by atomic mass is 16.3. The van der Waals surface area contributed by atoms with Crippen LogP contribution in [0.25, 0.3) is 0 Å². The van der Waals surface area contributed by atoms with E-state index in [0.717, 1.165) is 31.2 Å².